The second kappa shape index (κ2) is 5.35. The molecule has 0 bridgehead atoms. The van der Waals surface area contributed by atoms with E-state index in [1.54, 1.807) is 6.07 Å². The quantitative estimate of drug-likeness (QED) is 0.915. The summed E-state index contributed by atoms with van der Waals surface area (Å²) < 4.78 is 0.867. The van der Waals surface area contributed by atoms with Gasteiger partial charge in [-0.25, -0.2) is 0 Å². The summed E-state index contributed by atoms with van der Waals surface area (Å²) >= 11 is 3.36. The number of benzene rings is 1. The number of H-pyrrole nitrogens is 1. The summed E-state index contributed by atoms with van der Waals surface area (Å²) in [6, 6.07) is 6.76. The third kappa shape index (κ3) is 2.61. The van der Waals surface area contributed by atoms with E-state index in [0.29, 0.717) is 17.6 Å². The Morgan fingerprint density at radius 2 is 2.17 bits per heavy atom. The molecule has 2 aromatic rings. The maximum absolute atomic E-state index is 12.0. The van der Waals surface area contributed by atoms with Gasteiger partial charge in [-0.15, -0.1) is 0 Å². The van der Waals surface area contributed by atoms with Crippen LogP contribution in [0.4, 0.5) is 0 Å². The number of carbonyl (C=O) groups excluding carboxylic acids is 1. The highest BCUT2D eigenvalue weighted by atomic mass is 79.9. The van der Waals surface area contributed by atoms with Crippen LogP contribution in [-0.4, -0.2) is 17.4 Å². The zero-order valence-corrected chi connectivity index (χ0v) is 11.5. The normalized spacial score (nSPS) is 10.6. The molecule has 5 heteroatoms. The highest BCUT2D eigenvalue weighted by molar-refractivity contribution is 9.10. The van der Waals surface area contributed by atoms with Crippen LogP contribution < -0.4 is 10.9 Å². The Kier molecular flexibility index (Phi) is 3.81. The number of halogens is 1. The molecular formula is C13H13BrN2O2. The Morgan fingerprint density at radius 1 is 1.39 bits per heavy atom. The molecule has 1 aromatic heterocycles. The molecule has 0 aliphatic carbocycles. The minimum atomic E-state index is -0.272. The molecular weight excluding hydrogens is 296 g/mol. The largest absolute Gasteiger partial charge is 0.352 e. The minimum Gasteiger partial charge on any atom is -0.352 e. The van der Waals surface area contributed by atoms with E-state index < -0.39 is 0 Å². The van der Waals surface area contributed by atoms with Gasteiger partial charge in [0, 0.05) is 28.0 Å². The van der Waals surface area contributed by atoms with Crippen molar-refractivity contribution < 1.29 is 4.79 Å². The van der Waals surface area contributed by atoms with Crippen LogP contribution in [0.2, 0.25) is 0 Å². The molecule has 94 valence electrons. The second-order valence-corrected chi connectivity index (χ2v) is 4.91. The molecule has 2 rings (SSSR count). The first-order valence-corrected chi connectivity index (χ1v) is 6.52. The topological polar surface area (TPSA) is 62.0 Å². The van der Waals surface area contributed by atoms with Crippen LogP contribution in [-0.2, 0) is 0 Å². The fourth-order valence-corrected chi connectivity index (χ4v) is 2.11. The number of fused-ring (bicyclic) bond motifs is 1. The lowest BCUT2D eigenvalue weighted by Crippen LogP contribution is -2.25. The first kappa shape index (κ1) is 12.8. The Hall–Kier alpha value is -1.62. The van der Waals surface area contributed by atoms with E-state index in [0.717, 1.165) is 16.3 Å². The van der Waals surface area contributed by atoms with Crippen LogP contribution in [0.1, 0.15) is 23.7 Å². The Balaban J connectivity index is 2.57. The van der Waals surface area contributed by atoms with Gasteiger partial charge in [0.2, 0.25) is 5.56 Å². The monoisotopic (exact) mass is 308 g/mol. The molecule has 0 spiro atoms. The maximum atomic E-state index is 12.0. The zero-order valence-electron chi connectivity index (χ0n) is 9.92. The number of hydrogen-bond acceptors (Lipinski definition) is 2. The van der Waals surface area contributed by atoms with Gasteiger partial charge in [-0.3, -0.25) is 9.59 Å². The SMILES string of the molecule is CCCNC(=O)c1cc(=O)[nH]c2ccc(Br)cc12. The average Bonchev–Trinajstić information content (AvgIpc) is 2.35. The number of carbonyl (C=O) groups is 1. The lowest BCUT2D eigenvalue weighted by Gasteiger charge is -2.07. The lowest BCUT2D eigenvalue weighted by molar-refractivity contribution is 0.0955. The van der Waals surface area contributed by atoms with Crippen molar-refractivity contribution in [2.75, 3.05) is 6.54 Å². The highest BCUT2D eigenvalue weighted by Gasteiger charge is 2.11. The summed E-state index contributed by atoms with van der Waals surface area (Å²) in [5.74, 6) is -0.217. The Labute approximate surface area is 113 Å². The lowest BCUT2D eigenvalue weighted by atomic mass is 10.1. The van der Waals surface area contributed by atoms with Gasteiger partial charge in [-0.05, 0) is 24.6 Å². The zero-order chi connectivity index (χ0) is 13.1. The number of hydrogen-bond donors (Lipinski definition) is 2. The van der Waals surface area contributed by atoms with Crippen LogP contribution in [0, 0.1) is 0 Å². The van der Waals surface area contributed by atoms with Crippen molar-refractivity contribution in [2.45, 2.75) is 13.3 Å². The first-order valence-electron chi connectivity index (χ1n) is 5.72. The molecule has 2 N–H and O–H groups in total. The van der Waals surface area contributed by atoms with E-state index in [2.05, 4.69) is 26.2 Å². The van der Waals surface area contributed by atoms with Crippen molar-refractivity contribution >= 4 is 32.7 Å². The number of nitrogens with one attached hydrogen (secondary N) is 2. The van der Waals surface area contributed by atoms with Crippen LogP contribution in [0.5, 0.6) is 0 Å². The van der Waals surface area contributed by atoms with Gasteiger partial charge in [0.25, 0.3) is 5.91 Å². The molecule has 0 unspecified atom stereocenters. The third-order valence-corrected chi connectivity index (χ3v) is 3.08. The van der Waals surface area contributed by atoms with Crippen LogP contribution in [0.3, 0.4) is 0 Å². The molecule has 1 heterocycles. The minimum absolute atomic E-state index is 0.217. The van der Waals surface area contributed by atoms with Crippen LogP contribution >= 0.6 is 15.9 Å². The van der Waals surface area contributed by atoms with E-state index in [-0.39, 0.29) is 11.5 Å². The molecule has 0 radical (unpaired) electrons. The highest BCUT2D eigenvalue weighted by Crippen LogP contribution is 2.20. The number of amides is 1. The van der Waals surface area contributed by atoms with Crippen LogP contribution in [0.25, 0.3) is 10.9 Å². The van der Waals surface area contributed by atoms with Crippen molar-refractivity contribution in [3.8, 4) is 0 Å². The van der Waals surface area contributed by atoms with E-state index in [4.69, 9.17) is 0 Å². The number of aromatic amines is 1. The average molecular weight is 309 g/mol. The van der Waals surface area contributed by atoms with Gasteiger partial charge in [0.1, 0.15) is 0 Å². The van der Waals surface area contributed by atoms with E-state index in [9.17, 15) is 9.59 Å². The smallest absolute Gasteiger partial charge is 0.252 e. The number of pyridine rings is 1. The predicted octanol–water partition coefficient (Wildman–Crippen LogP) is 2.43. The van der Waals surface area contributed by atoms with Gasteiger partial charge in [0.05, 0.1) is 5.56 Å². The fourth-order valence-electron chi connectivity index (χ4n) is 1.75. The summed E-state index contributed by atoms with van der Waals surface area (Å²) in [7, 11) is 0. The van der Waals surface area contributed by atoms with Crippen molar-refractivity contribution in [3.05, 3.63) is 44.7 Å². The van der Waals surface area contributed by atoms with Crippen molar-refractivity contribution in [2.24, 2.45) is 0 Å². The molecule has 1 aromatic carbocycles. The number of rotatable bonds is 3. The summed E-state index contributed by atoms with van der Waals surface area (Å²) in [4.78, 5) is 26.2. The predicted molar refractivity (Wildman–Crippen MR) is 74.9 cm³/mol. The van der Waals surface area contributed by atoms with Gasteiger partial charge in [-0.2, -0.15) is 0 Å². The van der Waals surface area contributed by atoms with E-state index in [1.165, 1.54) is 6.07 Å². The van der Waals surface area contributed by atoms with E-state index >= 15 is 0 Å². The second-order valence-electron chi connectivity index (χ2n) is 3.99. The molecule has 0 saturated carbocycles. The summed E-state index contributed by atoms with van der Waals surface area (Å²) in [6.45, 7) is 2.58. The van der Waals surface area contributed by atoms with Gasteiger partial charge >= 0.3 is 0 Å². The Bertz CT molecular complexity index is 649. The van der Waals surface area contributed by atoms with Crippen molar-refractivity contribution in [1.82, 2.24) is 10.3 Å². The van der Waals surface area contributed by atoms with Crippen molar-refractivity contribution in [3.63, 3.8) is 0 Å². The fraction of sp³-hybridized carbons (Fsp3) is 0.231. The summed E-state index contributed by atoms with van der Waals surface area (Å²) in [6.07, 6.45) is 0.858. The molecule has 0 aliphatic heterocycles. The van der Waals surface area contributed by atoms with E-state index in [1.807, 2.05) is 19.1 Å². The molecule has 4 nitrogen and oxygen atoms in total. The molecule has 1 amide bonds. The standard InChI is InChI=1S/C13H13BrN2O2/c1-2-5-15-13(18)10-7-12(17)16-11-4-3-8(14)6-9(10)11/h3-4,6-7H,2,5H2,1H3,(H,15,18)(H,16,17). The molecule has 0 saturated heterocycles. The molecule has 18 heavy (non-hydrogen) atoms. The Morgan fingerprint density at radius 3 is 2.89 bits per heavy atom. The first-order chi connectivity index (χ1) is 8.61. The molecule has 0 fully saturated rings. The summed E-state index contributed by atoms with van der Waals surface area (Å²) in [5, 5.41) is 3.51. The van der Waals surface area contributed by atoms with Crippen LogP contribution in [0.15, 0.2) is 33.5 Å². The third-order valence-electron chi connectivity index (χ3n) is 2.59. The maximum Gasteiger partial charge on any atom is 0.252 e. The van der Waals surface area contributed by atoms with Gasteiger partial charge < -0.3 is 10.3 Å². The molecule has 0 atom stereocenters. The number of aromatic nitrogens is 1. The van der Waals surface area contributed by atoms with Gasteiger partial charge in [-0.1, -0.05) is 22.9 Å². The molecule has 0 aliphatic rings. The van der Waals surface area contributed by atoms with Crippen molar-refractivity contribution in [1.29, 1.82) is 0 Å². The summed E-state index contributed by atoms with van der Waals surface area (Å²) in [5.41, 5.74) is 0.794. The van der Waals surface area contributed by atoms with Gasteiger partial charge in [0.15, 0.2) is 0 Å².